The summed E-state index contributed by atoms with van der Waals surface area (Å²) < 4.78 is 0. The molecule has 6 nitrogen and oxygen atoms in total. The zero-order chi connectivity index (χ0) is 22.3. The van der Waals surface area contributed by atoms with Gasteiger partial charge in [0.05, 0.1) is 6.54 Å². The quantitative estimate of drug-likeness (QED) is 0.475. The first-order valence-electron chi connectivity index (χ1n) is 11.1. The van der Waals surface area contributed by atoms with E-state index in [2.05, 4.69) is 95.1 Å². The van der Waals surface area contributed by atoms with Gasteiger partial charge in [-0.3, -0.25) is 9.79 Å². The van der Waals surface area contributed by atoms with Gasteiger partial charge in [-0.05, 0) is 35.2 Å². The van der Waals surface area contributed by atoms with Crippen LogP contribution < -0.4 is 20.9 Å². The molecule has 0 bridgehead atoms. The molecule has 1 aliphatic heterocycles. The van der Waals surface area contributed by atoms with Gasteiger partial charge in [0, 0.05) is 44.3 Å². The number of anilines is 1. The van der Waals surface area contributed by atoms with Gasteiger partial charge in [-0.2, -0.15) is 0 Å². The Morgan fingerprint density at radius 3 is 2.35 bits per heavy atom. The zero-order valence-corrected chi connectivity index (χ0v) is 19.2. The average Bonchev–Trinajstić information content (AvgIpc) is 2.79. The highest BCUT2D eigenvalue weighted by atomic mass is 16.2. The number of benzene rings is 2. The number of nitrogens with one attached hydrogen (secondary N) is 3. The lowest BCUT2D eigenvalue weighted by atomic mass is 9.84. The summed E-state index contributed by atoms with van der Waals surface area (Å²) in [5.41, 5.74) is 4.92. The third kappa shape index (κ3) is 6.23. The Bertz CT molecular complexity index is 887. The maximum atomic E-state index is 11.6. The van der Waals surface area contributed by atoms with E-state index in [0.29, 0.717) is 19.6 Å². The van der Waals surface area contributed by atoms with Crippen molar-refractivity contribution in [1.82, 2.24) is 16.0 Å². The lowest BCUT2D eigenvalue weighted by molar-refractivity contribution is -0.120. The maximum Gasteiger partial charge on any atom is 0.239 e. The Morgan fingerprint density at radius 1 is 1.06 bits per heavy atom. The molecule has 0 atom stereocenters. The topological polar surface area (TPSA) is 68.8 Å². The predicted octanol–water partition coefficient (Wildman–Crippen LogP) is 2.83. The number of carbonyl (C=O) groups is 1. The summed E-state index contributed by atoms with van der Waals surface area (Å²) in [6.07, 6.45) is 1.06. The van der Waals surface area contributed by atoms with Gasteiger partial charge in [-0.1, -0.05) is 57.2 Å². The van der Waals surface area contributed by atoms with E-state index >= 15 is 0 Å². The lowest BCUT2D eigenvalue weighted by Gasteiger charge is -2.28. The van der Waals surface area contributed by atoms with Gasteiger partial charge in [0.2, 0.25) is 5.91 Å². The fourth-order valence-corrected chi connectivity index (χ4v) is 3.69. The first-order valence-corrected chi connectivity index (χ1v) is 11.1. The summed E-state index contributed by atoms with van der Waals surface area (Å²) in [7, 11) is 1.79. The summed E-state index contributed by atoms with van der Waals surface area (Å²) in [6.45, 7) is 10.1. The van der Waals surface area contributed by atoms with Crippen molar-refractivity contribution in [1.29, 1.82) is 0 Å². The maximum absolute atomic E-state index is 11.6. The molecule has 0 aromatic heterocycles. The van der Waals surface area contributed by atoms with Gasteiger partial charge in [0.15, 0.2) is 5.96 Å². The summed E-state index contributed by atoms with van der Waals surface area (Å²) in [4.78, 5) is 18.1. The fourth-order valence-electron chi connectivity index (χ4n) is 3.69. The number of guanidine groups is 1. The van der Waals surface area contributed by atoms with Crippen LogP contribution in [0.1, 0.15) is 37.5 Å². The highest BCUT2D eigenvalue weighted by Crippen LogP contribution is 2.23. The first kappa shape index (κ1) is 22.7. The third-order valence-electron chi connectivity index (χ3n) is 5.86. The number of aliphatic imine (C=N–C) groups is 1. The molecule has 6 heteroatoms. The number of hydrogen-bond donors (Lipinski definition) is 3. The number of amides is 1. The molecule has 3 rings (SSSR count). The molecule has 2 aromatic carbocycles. The van der Waals surface area contributed by atoms with Crippen molar-refractivity contribution in [2.24, 2.45) is 4.99 Å². The summed E-state index contributed by atoms with van der Waals surface area (Å²) >= 11 is 0. The van der Waals surface area contributed by atoms with Crippen LogP contribution >= 0.6 is 0 Å². The van der Waals surface area contributed by atoms with Crippen LogP contribution in [0.4, 0.5) is 5.69 Å². The Morgan fingerprint density at radius 2 is 1.74 bits per heavy atom. The van der Waals surface area contributed by atoms with E-state index in [0.717, 1.165) is 31.2 Å². The van der Waals surface area contributed by atoms with E-state index < -0.39 is 0 Å². The number of aryl methyl sites for hydroxylation is 1. The van der Waals surface area contributed by atoms with Gasteiger partial charge in [-0.25, -0.2) is 0 Å². The average molecular weight is 422 g/mol. The standard InChI is InChI=1S/C25H35N5O/c1-5-19-6-10-21(11-7-19)25(2,3)18-29-24(26-4)28-16-20-8-12-22(13-9-20)30-15-14-27-23(31)17-30/h6-13H,5,14-18H2,1-4H3,(H,27,31)(H2,26,28,29). The van der Waals surface area contributed by atoms with Crippen molar-refractivity contribution in [3.8, 4) is 0 Å². The van der Waals surface area contributed by atoms with E-state index in [9.17, 15) is 4.79 Å². The second-order valence-electron chi connectivity index (χ2n) is 8.65. The van der Waals surface area contributed by atoms with E-state index in [-0.39, 0.29) is 11.3 Å². The normalized spacial score (nSPS) is 14.9. The molecule has 0 saturated carbocycles. The molecule has 0 spiro atoms. The van der Waals surface area contributed by atoms with Crippen LogP contribution in [0.5, 0.6) is 0 Å². The highest BCUT2D eigenvalue weighted by Gasteiger charge is 2.21. The molecule has 1 fully saturated rings. The Kier molecular flexibility index (Phi) is 7.55. The minimum absolute atomic E-state index is 0.00766. The number of carbonyl (C=O) groups excluding carboxylic acids is 1. The van der Waals surface area contributed by atoms with E-state index in [4.69, 9.17) is 0 Å². The minimum atomic E-state index is -0.00766. The van der Waals surface area contributed by atoms with Gasteiger partial charge < -0.3 is 20.9 Å². The van der Waals surface area contributed by atoms with Crippen LogP contribution in [0.25, 0.3) is 0 Å². The Labute approximate surface area is 186 Å². The van der Waals surface area contributed by atoms with Gasteiger partial charge in [0.1, 0.15) is 0 Å². The zero-order valence-electron chi connectivity index (χ0n) is 19.2. The minimum Gasteiger partial charge on any atom is -0.360 e. The van der Waals surface area contributed by atoms with Crippen LogP contribution in [0.15, 0.2) is 53.5 Å². The first-order chi connectivity index (χ1) is 14.9. The van der Waals surface area contributed by atoms with Crippen LogP contribution in [0.2, 0.25) is 0 Å². The van der Waals surface area contributed by atoms with Crippen molar-refractivity contribution in [3.05, 3.63) is 65.2 Å². The number of rotatable bonds is 7. The number of hydrogen-bond acceptors (Lipinski definition) is 3. The SMILES string of the molecule is CCc1ccc(C(C)(C)CNC(=NC)NCc2ccc(N3CCNC(=O)C3)cc2)cc1. The molecule has 166 valence electrons. The molecule has 0 radical (unpaired) electrons. The van der Waals surface area contributed by atoms with Crippen LogP contribution in [0.3, 0.4) is 0 Å². The summed E-state index contributed by atoms with van der Waals surface area (Å²) in [6, 6.07) is 17.2. The van der Waals surface area contributed by atoms with Crippen molar-refractivity contribution in [2.45, 2.75) is 39.2 Å². The fraction of sp³-hybridized carbons (Fsp3) is 0.440. The number of nitrogens with zero attached hydrogens (tertiary/aromatic N) is 2. The molecule has 1 saturated heterocycles. The molecule has 31 heavy (non-hydrogen) atoms. The van der Waals surface area contributed by atoms with Crippen molar-refractivity contribution >= 4 is 17.6 Å². The van der Waals surface area contributed by atoms with Crippen LogP contribution in [-0.2, 0) is 23.2 Å². The molecule has 3 N–H and O–H groups in total. The molecule has 0 unspecified atom stereocenters. The monoisotopic (exact) mass is 421 g/mol. The predicted molar refractivity (Wildman–Crippen MR) is 129 cm³/mol. The summed E-state index contributed by atoms with van der Waals surface area (Å²) in [5, 5.41) is 9.72. The van der Waals surface area contributed by atoms with Crippen LogP contribution in [0, 0.1) is 0 Å². The van der Waals surface area contributed by atoms with Crippen molar-refractivity contribution in [2.75, 3.05) is 38.1 Å². The lowest BCUT2D eigenvalue weighted by Crippen LogP contribution is -2.47. The van der Waals surface area contributed by atoms with E-state index in [1.54, 1.807) is 7.05 Å². The van der Waals surface area contributed by atoms with E-state index in [1.807, 2.05) is 0 Å². The largest absolute Gasteiger partial charge is 0.360 e. The molecule has 1 amide bonds. The Balaban J connectivity index is 1.51. The van der Waals surface area contributed by atoms with Gasteiger partial charge in [-0.15, -0.1) is 0 Å². The van der Waals surface area contributed by atoms with E-state index in [1.165, 1.54) is 16.7 Å². The molecular weight excluding hydrogens is 386 g/mol. The van der Waals surface area contributed by atoms with Gasteiger partial charge in [0.25, 0.3) is 0 Å². The highest BCUT2D eigenvalue weighted by molar-refractivity contribution is 5.82. The molecular formula is C25H35N5O. The smallest absolute Gasteiger partial charge is 0.239 e. The van der Waals surface area contributed by atoms with Crippen molar-refractivity contribution < 1.29 is 4.79 Å². The molecule has 1 heterocycles. The second kappa shape index (κ2) is 10.3. The molecule has 2 aromatic rings. The summed E-state index contributed by atoms with van der Waals surface area (Å²) in [5.74, 6) is 0.867. The van der Waals surface area contributed by atoms with Crippen molar-refractivity contribution in [3.63, 3.8) is 0 Å². The Hall–Kier alpha value is -3.02. The number of piperazine rings is 1. The second-order valence-corrected chi connectivity index (χ2v) is 8.65. The van der Waals surface area contributed by atoms with Gasteiger partial charge >= 0.3 is 0 Å². The molecule has 0 aliphatic carbocycles. The third-order valence-corrected chi connectivity index (χ3v) is 5.86. The molecule has 1 aliphatic rings. The van der Waals surface area contributed by atoms with Crippen LogP contribution in [-0.4, -0.2) is 45.1 Å².